The topological polar surface area (TPSA) is 82.9 Å². The summed E-state index contributed by atoms with van der Waals surface area (Å²) in [6.45, 7) is 0. The van der Waals surface area contributed by atoms with Crippen molar-refractivity contribution in [1.29, 1.82) is 5.41 Å². The lowest BCUT2D eigenvalue weighted by atomic mass is 10.2. The van der Waals surface area contributed by atoms with Crippen LogP contribution in [0.1, 0.15) is 5.69 Å². The summed E-state index contributed by atoms with van der Waals surface area (Å²) < 4.78 is 5.74. The number of ether oxygens (including phenoxy) is 1. The molecule has 0 fully saturated rings. The molecule has 0 amide bonds. The van der Waals surface area contributed by atoms with Crippen molar-refractivity contribution in [3.63, 3.8) is 0 Å². The maximum absolute atomic E-state index is 7.41. The molecule has 0 aliphatic heterocycles. The molecule has 2 rings (SSSR count). The molecule has 2 heterocycles. The molecule has 108 valence electrons. The third-order valence-corrected chi connectivity index (χ3v) is 2.71. The fraction of sp³-hybridized carbons (Fsp3) is 0.133. The minimum Gasteiger partial charge on any atom is -0.456 e. The van der Waals surface area contributed by atoms with Gasteiger partial charge in [0.25, 0.3) is 0 Å². The van der Waals surface area contributed by atoms with Crippen molar-refractivity contribution in [3.05, 3.63) is 48.6 Å². The zero-order chi connectivity index (χ0) is 15.1. The van der Waals surface area contributed by atoms with Crippen LogP contribution in [0.3, 0.4) is 0 Å². The van der Waals surface area contributed by atoms with Gasteiger partial charge in [-0.05, 0) is 18.2 Å². The molecule has 0 atom stereocenters. The van der Waals surface area contributed by atoms with E-state index in [1.165, 1.54) is 6.21 Å². The minimum absolute atomic E-state index is 0.639. The molecule has 0 spiro atoms. The van der Waals surface area contributed by atoms with Crippen molar-refractivity contribution in [1.82, 2.24) is 15.3 Å². The van der Waals surface area contributed by atoms with Crippen LogP contribution in [0.15, 0.2) is 42.9 Å². The third kappa shape index (κ3) is 3.79. The summed E-state index contributed by atoms with van der Waals surface area (Å²) in [7, 11) is 3.59. The van der Waals surface area contributed by atoms with Gasteiger partial charge in [0.05, 0.1) is 11.9 Å². The first kappa shape index (κ1) is 14.5. The van der Waals surface area contributed by atoms with Crippen molar-refractivity contribution in [2.45, 2.75) is 0 Å². The Morgan fingerprint density at radius 2 is 2.05 bits per heavy atom. The van der Waals surface area contributed by atoms with Gasteiger partial charge in [-0.2, -0.15) is 0 Å². The highest BCUT2D eigenvalue weighted by molar-refractivity contribution is 6.07. The van der Waals surface area contributed by atoms with Gasteiger partial charge in [0.1, 0.15) is 17.3 Å². The Balaban J connectivity index is 2.20. The summed E-state index contributed by atoms with van der Waals surface area (Å²) in [6, 6.07) is 7.21. The Morgan fingerprint density at radius 3 is 2.67 bits per heavy atom. The Kier molecular flexibility index (Phi) is 4.87. The van der Waals surface area contributed by atoms with E-state index < -0.39 is 0 Å². The number of rotatable bonds is 6. The summed E-state index contributed by atoms with van der Waals surface area (Å²) in [5.41, 5.74) is 1.34. The van der Waals surface area contributed by atoms with E-state index in [0.717, 1.165) is 5.82 Å². The van der Waals surface area contributed by atoms with Crippen molar-refractivity contribution in [3.8, 4) is 11.5 Å². The lowest BCUT2D eigenvalue weighted by Gasteiger charge is -2.08. The van der Waals surface area contributed by atoms with Crippen molar-refractivity contribution in [2.75, 3.05) is 19.4 Å². The van der Waals surface area contributed by atoms with E-state index in [1.807, 2.05) is 19.2 Å². The van der Waals surface area contributed by atoms with Crippen LogP contribution in [0.5, 0.6) is 11.5 Å². The van der Waals surface area contributed by atoms with E-state index in [1.54, 1.807) is 37.8 Å². The molecule has 3 N–H and O–H groups in total. The van der Waals surface area contributed by atoms with Gasteiger partial charge < -0.3 is 20.8 Å². The van der Waals surface area contributed by atoms with Gasteiger partial charge in [0.2, 0.25) is 0 Å². The zero-order valence-corrected chi connectivity index (χ0v) is 11.9. The smallest absolute Gasteiger partial charge is 0.145 e. The summed E-state index contributed by atoms with van der Waals surface area (Å²) >= 11 is 0. The first-order valence-electron chi connectivity index (χ1n) is 6.43. The molecule has 6 nitrogen and oxygen atoms in total. The van der Waals surface area contributed by atoms with Crippen LogP contribution < -0.4 is 15.4 Å². The number of anilines is 1. The van der Waals surface area contributed by atoms with Crippen LogP contribution in [0.2, 0.25) is 0 Å². The molecule has 6 heteroatoms. The minimum atomic E-state index is 0.639. The first-order valence-corrected chi connectivity index (χ1v) is 6.43. The summed E-state index contributed by atoms with van der Waals surface area (Å²) in [5, 5.41) is 13.2. The van der Waals surface area contributed by atoms with Crippen molar-refractivity contribution < 1.29 is 4.74 Å². The van der Waals surface area contributed by atoms with E-state index >= 15 is 0 Å². The largest absolute Gasteiger partial charge is 0.456 e. The van der Waals surface area contributed by atoms with E-state index in [0.29, 0.717) is 22.8 Å². The van der Waals surface area contributed by atoms with E-state index in [2.05, 4.69) is 20.6 Å². The van der Waals surface area contributed by atoms with Crippen molar-refractivity contribution in [2.24, 2.45) is 0 Å². The van der Waals surface area contributed by atoms with Crippen LogP contribution in [-0.2, 0) is 0 Å². The lowest BCUT2D eigenvalue weighted by Crippen LogP contribution is -1.99. The Morgan fingerprint density at radius 1 is 1.19 bits per heavy atom. The lowest BCUT2D eigenvalue weighted by molar-refractivity contribution is 0.479. The molecule has 0 unspecified atom stereocenters. The van der Waals surface area contributed by atoms with Gasteiger partial charge >= 0.3 is 0 Å². The number of nitrogens with one attached hydrogen (secondary N) is 3. The number of nitrogens with zero attached hydrogens (tertiary/aromatic N) is 2. The van der Waals surface area contributed by atoms with Crippen LogP contribution in [-0.4, -0.2) is 30.3 Å². The van der Waals surface area contributed by atoms with Gasteiger partial charge in [-0.15, -0.1) is 0 Å². The van der Waals surface area contributed by atoms with Crippen LogP contribution in [0.4, 0.5) is 5.82 Å². The maximum atomic E-state index is 7.41. The van der Waals surface area contributed by atoms with Crippen LogP contribution in [0, 0.1) is 5.41 Å². The summed E-state index contributed by atoms with van der Waals surface area (Å²) in [4.78, 5) is 8.42. The Labute approximate surface area is 123 Å². The predicted octanol–water partition coefficient (Wildman–Crippen LogP) is 2.52. The van der Waals surface area contributed by atoms with E-state index in [-0.39, 0.29) is 0 Å². The molecular formula is C15H17N5O. The average Bonchev–Trinajstić information content (AvgIpc) is 2.53. The molecule has 2 aromatic heterocycles. The van der Waals surface area contributed by atoms with Gasteiger partial charge in [0, 0.05) is 44.3 Å². The zero-order valence-electron chi connectivity index (χ0n) is 11.9. The fourth-order valence-corrected chi connectivity index (χ4v) is 1.70. The Hall–Kier alpha value is -2.89. The average molecular weight is 283 g/mol. The SMILES string of the molecule is CN/C=C(\C=N)c1cc(Oc2ccc(NC)nc2)ccn1. The second kappa shape index (κ2) is 7.04. The molecule has 0 radical (unpaired) electrons. The molecule has 0 aliphatic carbocycles. The van der Waals surface area contributed by atoms with Crippen LogP contribution in [0.25, 0.3) is 5.57 Å². The van der Waals surface area contributed by atoms with Gasteiger partial charge in [-0.1, -0.05) is 0 Å². The van der Waals surface area contributed by atoms with Crippen molar-refractivity contribution >= 4 is 17.6 Å². The third-order valence-electron chi connectivity index (χ3n) is 2.71. The molecule has 0 saturated carbocycles. The molecule has 0 saturated heterocycles. The quantitative estimate of drug-likeness (QED) is 0.710. The van der Waals surface area contributed by atoms with E-state index in [4.69, 9.17) is 10.1 Å². The second-order valence-corrected chi connectivity index (χ2v) is 4.14. The number of pyridine rings is 2. The normalized spacial score (nSPS) is 10.9. The van der Waals surface area contributed by atoms with Crippen LogP contribution >= 0.6 is 0 Å². The highest BCUT2D eigenvalue weighted by Gasteiger charge is 2.04. The number of aromatic nitrogens is 2. The standard InChI is InChI=1S/C15H17N5O/c1-17-9-11(8-16)14-7-12(5-6-19-14)21-13-3-4-15(18-2)20-10-13/h3-10,16-17H,1-2H3,(H,18,20)/b11-9+,16-8?. The second-order valence-electron chi connectivity index (χ2n) is 4.14. The molecule has 21 heavy (non-hydrogen) atoms. The monoisotopic (exact) mass is 283 g/mol. The Bertz CT molecular complexity index is 637. The highest BCUT2D eigenvalue weighted by atomic mass is 16.5. The molecule has 0 aromatic carbocycles. The number of allylic oxidation sites excluding steroid dienone is 1. The number of hydrogen-bond acceptors (Lipinski definition) is 6. The van der Waals surface area contributed by atoms with E-state index in [9.17, 15) is 0 Å². The first-order chi connectivity index (χ1) is 10.3. The number of hydrogen-bond donors (Lipinski definition) is 3. The molecule has 0 bridgehead atoms. The van der Waals surface area contributed by atoms with Gasteiger partial charge in [-0.25, -0.2) is 4.98 Å². The molecule has 2 aromatic rings. The fourth-order valence-electron chi connectivity index (χ4n) is 1.70. The van der Waals surface area contributed by atoms with Gasteiger partial charge in [0.15, 0.2) is 0 Å². The summed E-state index contributed by atoms with van der Waals surface area (Å²) in [6.07, 6.45) is 6.24. The summed E-state index contributed by atoms with van der Waals surface area (Å²) in [5.74, 6) is 2.06. The molecule has 0 aliphatic rings. The predicted molar refractivity (Wildman–Crippen MR) is 83.9 cm³/mol. The maximum Gasteiger partial charge on any atom is 0.145 e. The molecular weight excluding hydrogens is 266 g/mol. The van der Waals surface area contributed by atoms with Gasteiger partial charge in [-0.3, -0.25) is 4.98 Å². The highest BCUT2D eigenvalue weighted by Crippen LogP contribution is 2.23.